The van der Waals surface area contributed by atoms with Crippen LogP contribution < -0.4 is 4.42 Å². The molecular formula is C14H14ClN3S. The molecule has 0 spiro atoms. The van der Waals surface area contributed by atoms with E-state index in [1.165, 1.54) is 0 Å². The Morgan fingerprint density at radius 1 is 1.37 bits per heavy atom. The van der Waals surface area contributed by atoms with Gasteiger partial charge in [-0.2, -0.15) is 0 Å². The summed E-state index contributed by atoms with van der Waals surface area (Å²) in [6.07, 6.45) is 3.44. The van der Waals surface area contributed by atoms with E-state index >= 15 is 0 Å². The standard InChI is InChI=1S/C14H14ClN3S/c1-10(2)18(15)14-6-7-16-8-12(14)4-5-13-9-19-11(3)17-13/h6-10H,1-3H3. The molecule has 0 fully saturated rings. The molecule has 19 heavy (non-hydrogen) atoms. The fraction of sp³-hybridized carbons (Fsp3) is 0.286. The molecule has 0 aliphatic carbocycles. The second-order valence-corrected chi connectivity index (χ2v) is 5.73. The number of anilines is 1. The quantitative estimate of drug-likeness (QED) is 0.625. The van der Waals surface area contributed by atoms with Gasteiger partial charge in [0.15, 0.2) is 0 Å². The summed E-state index contributed by atoms with van der Waals surface area (Å²) in [5, 5.41) is 2.95. The molecule has 0 atom stereocenters. The Balaban J connectivity index is 2.33. The lowest BCUT2D eigenvalue weighted by Crippen LogP contribution is -2.20. The van der Waals surface area contributed by atoms with E-state index in [1.807, 2.05) is 32.2 Å². The number of aromatic nitrogens is 2. The average Bonchev–Trinajstić information content (AvgIpc) is 2.81. The van der Waals surface area contributed by atoms with Gasteiger partial charge in [-0.25, -0.2) is 4.98 Å². The van der Waals surface area contributed by atoms with Gasteiger partial charge in [0.25, 0.3) is 0 Å². The van der Waals surface area contributed by atoms with Gasteiger partial charge < -0.3 is 0 Å². The zero-order valence-electron chi connectivity index (χ0n) is 11.0. The second-order valence-electron chi connectivity index (χ2n) is 4.30. The van der Waals surface area contributed by atoms with E-state index in [1.54, 1.807) is 28.1 Å². The van der Waals surface area contributed by atoms with Crippen LogP contribution >= 0.6 is 23.1 Å². The van der Waals surface area contributed by atoms with Crippen LogP contribution in [0.3, 0.4) is 0 Å². The minimum absolute atomic E-state index is 0.186. The Bertz CT molecular complexity index is 625. The third kappa shape index (κ3) is 3.46. The molecule has 0 saturated carbocycles. The maximum Gasteiger partial charge on any atom is 0.124 e. The van der Waals surface area contributed by atoms with Gasteiger partial charge in [-0.1, -0.05) is 5.92 Å². The van der Waals surface area contributed by atoms with Crippen molar-refractivity contribution >= 4 is 28.8 Å². The molecule has 3 nitrogen and oxygen atoms in total. The first-order chi connectivity index (χ1) is 9.08. The Morgan fingerprint density at radius 2 is 2.16 bits per heavy atom. The number of pyridine rings is 1. The lowest BCUT2D eigenvalue weighted by molar-refractivity contribution is 0.828. The summed E-state index contributed by atoms with van der Waals surface area (Å²) in [6.45, 7) is 6.01. The first-order valence-corrected chi connectivity index (χ1v) is 7.13. The van der Waals surface area contributed by atoms with Crippen molar-refractivity contribution < 1.29 is 0 Å². The second kappa shape index (κ2) is 6.05. The van der Waals surface area contributed by atoms with Crippen molar-refractivity contribution in [1.29, 1.82) is 0 Å². The van der Waals surface area contributed by atoms with Gasteiger partial charge in [0, 0.05) is 35.6 Å². The predicted molar refractivity (Wildman–Crippen MR) is 80.5 cm³/mol. The third-order valence-corrected chi connectivity index (χ3v) is 3.77. The fourth-order valence-electron chi connectivity index (χ4n) is 1.50. The number of aryl methyl sites for hydroxylation is 1. The minimum atomic E-state index is 0.186. The normalized spacial score (nSPS) is 10.2. The number of nitrogens with zero attached hydrogens (tertiary/aromatic N) is 3. The largest absolute Gasteiger partial charge is 0.281 e. The summed E-state index contributed by atoms with van der Waals surface area (Å²) in [7, 11) is 0. The van der Waals surface area contributed by atoms with Gasteiger partial charge >= 0.3 is 0 Å². The topological polar surface area (TPSA) is 29.0 Å². The molecule has 2 aromatic heterocycles. The van der Waals surface area contributed by atoms with Crippen LogP contribution in [0.1, 0.15) is 30.1 Å². The summed E-state index contributed by atoms with van der Waals surface area (Å²) in [4.78, 5) is 8.41. The number of hydrogen-bond donors (Lipinski definition) is 0. The lowest BCUT2D eigenvalue weighted by Gasteiger charge is -2.20. The van der Waals surface area contributed by atoms with E-state index < -0.39 is 0 Å². The molecule has 0 aromatic carbocycles. The molecule has 2 heterocycles. The van der Waals surface area contributed by atoms with Crippen LogP contribution in [-0.2, 0) is 0 Å². The van der Waals surface area contributed by atoms with E-state index in [2.05, 4.69) is 21.8 Å². The van der Waals surface area contributed by atoms with Gasteiger partial charge in [0.1, 0.15) is 5.69 Å². The molecule has 0 amide bonds. The summed E-state index contributed by atoms with van der Waals surface area (Å²) >= 11 is 7.85. The molecule has 0 unspecified atom stereocenters. The molecule has 0 aliphatic heterocycles. The molecule has 0 bridgehead atoms. The summed E-state index contributed by atoms with van der Waals surface area (Å²) in [5.74, 6) is 6.12. The Kier molecular flexibility index (Phi) is 4.41. The van der Waals surface area contributed by atoms with E-state index in [0.717, 1.165) is 22.0 Å². The van der Waals surface area contributed by atoms with Gasteiger partial charge in [0.05, 0.1) is 16.3 Å². The zero-order valence-corrected chi connectivity index (χ0v) is 12.6. The maximum absolute atomic E-state index is 6.26. The molecule has 2 rings (SSSR count). The maximum atomic E-state index is 6.26. The predicted octanol–water partition coefficient (Wildman–Crippen LogP) is 3.61. The molecular weight excluding hydrogens is 278 g/mol. The fourth-order valence-corrected chi connectivity index (χ4v) is 2.19. The molecule has 98 valence electrons. The van der Waals surface area contributed by atoms with Crippen LogP contribution in [-0.4, -0.2) is 16.0 Å². The molecule has 0 aliphatic rings. The van der Waals surface area contributed by atoms with Crippen molar-refractivity contribution in [2.24, 2.45) is 0 Å². The SMILES string of the molecule is Cc1nc(C#Cc2cnccc2N(Cl)C(C)C)cs1. The first-order valence-electron chi connectivity index (χ1n) is 5.91. The van der Waals surface area contributed by atoms with Crippen LogP contribution in [0.25, 0.3) is 0 Å². The molecule has 0 N–H and O–H groups in total. The smallest absolute Gasteiger partial charge is 0.124 e. The lowest BCUT2D eigenvalue weighted by atomic mass is 10.2. The van der Waals surface area contributed by atoms with Crippen LogP contribution in [0.4, 0.5) is 5.69 Å². The third-order valence-electron chi connectivity index (χ3n) is 2.43. The monoisotopic (exact) mass is 291 g/mol. The molecule has 0 radical (unpaired) electrons. The van der Waals surface area contributed by atoms with Gasteiger partial charge in [-0.05, 0) is 32.8 Å². The molecule has 0 saturated heterocycles. The molecule has 2 aromatic rings. The van der Waals surface area contributed by atoms with E-state index in [9.17, 15) is 0 Å². The van der Waals surface area contributed by atoms with E-state index in [0.29, 0.717) is 0 Å². The Hall–Kier alpha value is -1.57. The van der Waals surface area contributed by atoms with Crippen molar-refractivity contribution in [3.05, 3.63) is 40.1 Å². The Morgan fingerprint density at radius 3 is 2.79 bits per heavy atom. The highest BCUT2D eigenvalue weighted by Gasteiger charge is 2.11. The highest BCUT2D eigenvalue weighted by Crippen LogP contribution is 2.22. The highest BCUT2D eigenvalue weighted by atomic mass is 35.5. The number of hydrogen-bond acceptors (Lipinski definition) is 4. The summed E-state index contributed by atoms with van der Waals surface area (Å²) in [6, 6.07) is 2.05. The van der Waals surface area contributed by atoms with Crippen molar-refractivity contribution in [3.63, 3.8) is 0 Å². The number of halogens is 1. The van der Waals surface area contributed by atoms with Gasteiger partial charge in [-0.3, -0.25) is 9.40 Å². The summed E-state index contributed by atoms with van der Waals surface area (Å²) < 4.78 is 1.66. The van der Waals surface area contributed by atoms with Crippen molar-refractivity contribution in [2.45, 2.75) is 26.8 Å². The average molecular weight is 292 g/mol. The van der Waals surface area contributed by atoms with Crippen LogP contribution in [0.15, 0.2) is 23.8 Å². The van der Waals surface area contributed by atoms with Crippen molar-refractivity contribution in [1.82, 2.24) is 9.97 Å². The number of thiazole rings is 1. The Labute approximate surface area is 122 Å². The molecule has 5 heteroatoms. The highest BCUT2D eigenvalue weighted by molar-refractivity contribution is 7.09. The first kappa shape index (κ1) is 13.9. The van der Waals surface area contributed by atoms with Crippen LogP contribution in [0.5, 0.6) is 0 Å². The number of rotatable bonds is 2. The van der Waals surface area contributed by atoms with Crippen molar-refractivity contribution in [3.8, 4) is 11.8 Å². The van der Waals surface area contributed by atoms with Gasteiger partial charge in [-0.15, -0.1) is 11.3 Å². The summed E-state index contributed by atoms with van der Waals surface area (Å²) in [5.41, 5.74) is 2.45. The zero-order chi connectivity index (χ0) is 13.8. The van der Waals surface area contributed by atoms with Crippen molar-refractivity contribution in [2.75, 3.05) is 4.42 Å². The van der Waals surface area contributed by atoms with E-state index in [-0.39, 0.29) is 6.04 Å². The van der Waals surface area contributed by atoms with Crippen LogP contribution in [0.2, 0.25) is 0 Å². The minimum Gasteiger partial charge on any atom is -0.281 e. The van der Waals surface area contributed by atoms with Crippen LogP contribution in [0, 0.1) is 18.8 Å². The van der Waals surface area contributed by atoms with Gasteiger partial charge in [0.2, 0.25) is 0 Å². The van der Waals surface area contributed by atoms with E-state index in [4.69, 9.17) is 11.8 Å².